The second-order valence-electron chi connectivity index (χ2n) is 9.20. The Bertz CT molecular complexity index is 1020. The SMILES string of the molecule is O=C(CC1(CNC(=O)OCC2c3ccccc3-c3ccccc32)CCC1)NCC[C@H](O)C(=O)O. The molecule has 0 radical (unpaired) electrons. The van der Waals surface area contributed by atoms with Crippen LogP contribution in [0.4, 0.5) is 4.79 Å². The summed E-state index contributed by atoms with van der Waals surface area (Å²) in [5, 5.41) is 23.5. The van der Waals surface area contributed by atoms with Crippen molar-refractivity contribution < 1.29 is 29.3 Å². The number of aliphatic hydroxyl groups is 1. The Morgan fingerprint density at radius 3 is 2.18 bits per heavy atom. The van der Waals surface area contributed by atoms with Crippen LogP contribution >= 0.6 is 0 Å². The molecule has 8 nitrogen and oxygen atoms in total. The Hall–Kier alpha value is -3.39. The second-order valence-corrected chi connectivity index (χ2v) is 9.20. The van der Waals surface area contributed by atoms with Crippen LogP contribution in [0.5, 0.6) is 0 Å². The number of amides is 2. The number of fused-ring (bicyclic) bond motifs is 3. The summed E-state index contributed by atoms with van der Waals surface area (Å²) in [4.78, 5) is 35.4. The lowest BCUT2D eigenvalue weighted by Gasteiger charge is -2.41. The van der Waals surface area contributed by atoms with Crippen molar-refractivity contribution in [2.45, 2.75) is 44.1 Å². The molecule has 0 unspecified atom stereocenters. The van der Waals surface area contributed by atoms with Crippen molar-refractivity contribution in [3.05, 3.63) is 59.7 Å². The monoisotopic (exact) mass is 466 g/mol. The fourth-order valence-corrected chi connectivity index (χ4v) is 4.88. The average Bonchev–Trinajstić information content (AvgIpc) is 3.13. The number of hydrogen-bond acceptors (Lipinski definition) is 5. The van der Waals surface area contributed by atoms with Gasteiger partial charge in [0.15, 0.2) is 6.10 Å². The number of aliphatic carboxylic acids is 1. The van der Waals surface area contributed by atoms with E-state index in [1.807, 2.05) is 24.3 Å². The molecule has 0 aliphatic heterocycles. The van der Waals surface area contributed by atoms with Crippen LogP contribution in [-0.4, -0.2) is 54.0 Å². The van der Waals surface area contributed by atoms with Gasteiger partial charge in [0.05, 0.1) is 0 Å². The van der Waals surface area contributed by atoms with Crippen molar-refractivity contribution in [3.63, 3.8) is 0 Å². The van der Waals surface area contributed by atoms with Crippen molar-refractivity contribution in [2.75, 3.05) is 19.7 Å². The molecule has 2 aliphatic rings. The van der Waals surface area contributed by atoms with E-state index in [0.717, 1.165) is 30.4 Å². The summed E-state index contributed by atoms with van der Waals surface area (Å²) in [6, 6.07) is 16.3. The Morgan fingerprint density at radius 2 is 1.62 bits per heavy atom. The molecule has 8 heteroatoms. The van der Waals surface area contributed by atoms with Gasteiger partial charge in [0.25, 0.3) is 0 Å². The van der Waals surface area contributed by atoms with Gasteiger partial charge in [-0.15, -0.1) is 0 Å². The van der Waals surface area contributed by atoms with Gasteiger partial charge in [-0.05, 0) is 40.5 Å². The third kappa shape index (κ3) is 5.22. The number of carboxylic acids is 1. The molecule has 2 aromatic rings. The molecule has 0 heterocycles. The summed E-state index contributed by atoms with van der Waals surface area (Å²) < 4.78 is 5.59. The number of carbonyl (C=O) groups is 3. The van der Waals surface area contributed by atoms with Gasteiger partial charge in [0.1, 0.15) is 6.61 Å². The molecule has 1 fully saturated rings. The van der Waals surface area contributed by atoms with Gasteiger partial charge in [-0.3, -0.25) is 4.79 Å². The maximum atomic E-state index is 12.5. The summed E-state index contributed by atoms with van der Waals surface area (Å²) in [7, 11) is 0. The van der Waals surface area contributed by atoms with Crippen LogP contribution in [-0.2, 0) is 14.3 Å². The fraction of sp³-hybridized carbons (Fsp3) is 0.423. The predicted octanol–water partition coefficient (Wildman–Crippen LogP) is 3.04. The molecule has 180 valence electrons. The number of nitrogens with one attached hydrogen (secondary N) is 2. The standard InChI is InChI=1S/C26H30N2O6/c29-22(24(31)32)10-13-27-23(30)14-26(11-5-12-26)16-28-25(33)34-15-21-19-8-3-1-6-17(19)18-7-2-4-9-20(18)21/h1-4,6-9,21-22,29H,5,10-16H2,(H,27,30)(H,28,33)(H,31,32)/t22-/m0/s1. The van der Waals surface area contributed by atoms with Crippen molar-refractivity contribution >= 4 is 18.0 Å². The van der Waals surface area contributed by atoms with Gasteiger partial charge in [0.2, 0.25) is 5.91 Å². The predicted molar refractivity (Wildman–Crippen MR) is 125 cm³/mol. The highest BCUT2D eigenvalue weighted by molar-refractivity contribution is 5.79. The first-order valence-electron chi connectivity index (χ1n) is 11.6. The van der Waals surface area contributed by atoms with Gasteiger partial charge in [0, 0.05) is 31.8 Å². The molecule has 0 saturated heterocycles. The zero-order valence-corrected chi connectivity index (χ0v) is 19.0. The summed E-state index contributed by atoms with van der Waals surface area (Å²) in [5.41, 5.74) is 4.32. The normalized spacial score (nSPS) is 16.5. The maximum absolute atomic E-state index is 12.5. The summed E-state index contributed by atoms with van der Waals surface area (Å²) in [6.07, 6.45) is 0.818. The lowest BCUT2D eigenvalue weighted by Crippen LogP contribution is -2.45. The second kappa shape index (κ2) is 10.3. The number of ether oxygens (including phenoxy) is 1. The first-order valence-corrected chi connectivity index (χ1v) is 11.6. The topological polar surface area (TPSA) is 125 Å². The number of hydrogen-bond donors (Lipinski definition) is 4. The number of benzene rings is 2. The number of rotatable bonds is 10. The zero-order chi connectivity index (χ0) is 24.1. The van der Waals surface area contributed by atoms with E-state index in [0.29, 0.717) is 6.54 Å². The van der Waals surface area contributed by atoms with Gasteiger partial charge in [-0.1, -0.05) is 55.0 Å². The molecule has 1 atom stereocenters. The maximum Gasteiger partial charge on any atom is 0.407 e. The molecular formula is C26H30N2O6. The van der Waals surface area contributed by atoms with Crippen molar-refractivity contribution in [2.24, 2.45) is 5.41 Å². The highest BCUT2D eigenvalue weighted by Gasteiger charge is 2.39. The van der Waals surface area contributed by atoms with Crippen LogP contribution in [0.15, 0.2) is 48.5 Å². The minimum absolute atomic E-state index is 0.0113. The fourth-order valence-electron chi connectivity index (χ4n) is 4.88. The molecule has 2 aromatic carbocycles. The molecular weight excluding hydrogens is 436 g/mol. The highest BCUT2D eigenvalue weighted by atomic mass is 16.5. The molecule has 2 amide bonds. The Morgan fingerprint density at radius 1 is 1.00 bits per heavy atom. The average molecular weight is 467 g/mol. The van der Waals surface area contributed by atoms with E-state index in [9.17, 15) is 19.5 Å². The van der Waals surface area contributed by atoms with Crippen LogP contribution in [0.2, 0.25) is 0 Å². The zero-order valence-electron chi connectivity index (χ0n) is 19.0. The lowest BCUT2D eigenvalue weighted by molar-refractivity contribution is -0.147. The minimum Gasteiger partial charge on any atom is -0.479 e. The van der Waals surface area contributed by atoms with Crippen molar-refractivity contribution in [1.29, 1.82) is 0 Å². The molecule has 4 N–H and O–H groups in total. The van der Waals surface area contributed by atoms with Gasteiger partial charge < -0.3 is 25.6 Å². The first-order chi connectivity index (χ1) is 16.4. The van der Waals surface area contributed by atoms with Gasteiger partial charge in [-0.2, -0.15) is 0 Å². The quantitative estimate of drug-likeness (QED) is 0.427. The number of carbonyl (C=O) groups excluding carboxylic acids is 2. The van der Waals surface area contributed by atoms with E-state index in [4.69, 9.17) is 9.84 Å². The van der Waals surface area contributed by atoms with Crippen LogP contribution in [0, 0.1) is 5.41 Å². The highest BCUT2D eigenvalue weighted by Crippen LogP contribution is 2.45. The Kier molecular flexibility index (Phi) is 7.17. The smallest absolute Gasteiger partial charge is 0.407 e. The number of aliphatic hydroxyl groups excluding tert-OH is 1. The summed E-state index contributed by atoms with van der Waals surface area (Å²) in [5.74, 6) is -1.54. The van der Waals surface area contributed by atoms with E-state index in [-0.39, 0.29) is 43.2 Å². The number of alkyl carbamates (subject to hydrolysis) is 1. The van der Waals surface area contributed by atoms with Crippen LogP contribution < -0.4 is 10.6 Å². The molecule has 1 saturated carbocycles. The van der Waals surface area contributed by atoms with E-state index in [2.05, 4.69) is 34.9 Å². The molecule has 0 bridgehead atoms. The molecule has 34 heavy (non-hydrogen) atoms. The third-order valence-corrected chi connectivity index (χ3v) is 6.93. The minimum atomic E-state index is -1.49. The van der Waals surface area contributed by atoms with Gasteiger partial charge in [-0.25, -0.2) is 9.59 Å². The van der Waals surface area contributed by atoms with Crippen LogP contribution in [0.1, 0.15) is 49.1 Å². The third-order valence-electron chi connectivity index (χ3n) is 6.93. The summed E-state index contributed by atoms with van der Waals surface area (Å²) in [6.45, 7) is 0.663. The van der Waals surface area contributed by atoms with E-state index < -0.39 is 18.2 Å². The first kappa shape index (κ1) is 23.8. The number of carboxylic acid groups (broad SMARTS) is 1. The summed E-state index contributed by atoms with van der Waals surface area (Å²) >= 11 is 0. The Balaban J connectivity index is 1.26. The molecule has 4 rings (SSSR count). The van der Waals surface area contributed by atoms with Gasteiger partial charge >= 0.3 is 12.1 Å². The van der Waals surface area contributed by atoms with E-state index >= 15 is 0 Å². The van der Waals surface area contributed by atoms with Crippen molar-refractivity contribution in [1.82, 2.24) is 10.6 Å². The van der Waals surface area contributed by atoms with Crippen LogP contribution in [0.25, 0.3) is 11.1 Å². The largest absolute Gasteiger partial charge is 0.479 e. The van der Waals surface area contributed by atoms with E-state index in [1.54, 1.807) is 0 Å². The van der Waals surface area contributed by atoms with E-state index in [1.165, 1.54) is 11.1 Å². The van der Waals surface area contributed by atoms with Crippen LogP contribution in [0.3, 0.4) is 0 Å². The lowest BCUT2D eigenvalue weighted by atomic mass is 9.66. The Labute approximate surface area is 198 Å². The molecule has 2 aliphatic carbocycles. The molecule has 0 aromatic heterocycles. The van der Waals surface area contributed by atoms with Crippen molar-refractivity contribution in [3.8, 4) is 11.1 Å². The molecule has 0 spiro atoms.